The summed E-state index contributed by atoms with van der Waals surface area (Å²) in [6, 6.07) is 2.29. The van der Waals surface area contributed by atoms with Crippen molar-refractivity contribution < 1.29 is 47.7 Å². The molecule has 0 unspecified atom stereocenters. The fourth-order valence-corrected chi connectivity index (χ4v) is 5.22. The molecule has 0 amide bonds. The number of alkyl halides is 2. The third-order valence-corrected chi connectivity index (χ3v) is 6.99. The SMILES string of the molecule is CC1(C)Oc2cc(C(F)(F)CCCCCCO[N+](=O)[O-])cc(OC(=O)/C=C\C(=O)O)c2[C@@H]2CC(=O)CC[C@H]21. The van der Waals surface area contributed by atoms with Crippen LogP contribution < -0.4 is 9.47 Å². The average Bonchev–Trinajstić information content (AvgIpc) is 2.81. The number of unbranched alkanes of at least 4 members (excludes halogenated alkanes) is 3. The van der Waals surface area contributed by atoms with Crippen molar-refractivity contribution in [2.45, 2.75) is 82.7 Å². The van der Waals surface area contributed by atoms with Gasteiger partial charge in [0.05, 0.1) is 6.61 Å². The zero-order valence-electron chi connectivity index (χ0n) is 21.2. The number of aliphatic carboxylic acids is 1. The van der Waals surface area contributed by atoms with Gasteiger partial charge in [-0.1, -0.05) is 12.8 Å². The fourth-order valence-electron chi connectivity index (χ4n) is 5.22. The van der Waals surface area contributed by atoms with Gasteiger partial charge in [-0.25, -0.2) is 18.4 Å². The number of carbonyl (C=O) groups excluding carboxylic acids is 2. The van der Waals surface area contributed by atoms with Crippen LogP contribution in [0.2, 0.25) is 0 Å². The molecule has 1 aromatic carbocycles. The first-order chi connectivity index (χ1) is 17.8. The van der Waals surface area contributed by atoms with Crippen molar-refractivity contribution in [2.75, 3.05) is 6.61 Å². The van der Waals surface area contributed by atoms with Crippen LogP contribution in [0.3, 0.4) is 0 Å². The normalized spacial score (nSPS) is 20.3. The number of ether oxygens (including phenoxy) is 2. The van der Waals surface area contributed by atoms with Crippen LogP contribution in [0.1, 0.15) is 82.3 Å². The molecule has 1 fully saturated rings. The van der Waals surface area contributed by atoms with Crippen molar-refractivity contribution in [1.82, 2.24) is 0 Å². The second-order valence-corrected chi connectivity index (χ2v) is 10.1. The topological polar surface area (TPSA) is 142 Å². The van der Waals surface area contributed by atoms with Crippen LogP contribution in [0.5, 0.6) is 11.5 Å². The maximum Gasteiger partial charge on any atom is 0.336 e. The van der Waals surface area contributed by atoms with Crippen LogP contribution in [0.4, 0.5) is 8.78 Å². The first-order valence-corrected chi connectivity index (χ1v) is 12.5. The Morgan fingerprint density at radius 2 is 1.95 bits per heavy atom. The summed E-state index contributed by atoms with van der Waals surface area (Å²) in [4.78, 5) is 49.8. The minimum Gasteiger partial charge on any atom is -0.487 e. The number of esters is 1. The van der Waals surface area contributed by atoms with Crippen molar-refractivity contribution in [3.63, 3.8) is 0 Å². The third-order valence-electron chi connectivity index (χ3n) is 6.99. The Hall–Kier alpha value is -3.57. The van der Waals surface area contributed by atoms with Crippen molar-refractivity contribution in [2.24, 2.45) is 5.92 Å². The molecular formula is C26H31F2NO9. The van der Waals surface area contributed by atoms with Gasteiger partial charge in [0.25, 0.3) is 11.0 Å². The molecule has 0 radical (unpaired) electrons. The van der Waals surface area contributed by atoms with Gasteiger partial charge in [0.15, 0.2) is 0 Å². The number of hydrogen-bond acceptors (Lipinski definition) is 8. The Bertz CT molecular complexity index is 1120. The molecule has 38 heavy (non-hydrogen) atoms. The predicted octanol–water partition coefficient (Wildman–Crippen LogP) is 5.11. The van der Waals surface area contributed by atoms with E-state index in [4.69, 9.17) is 14.6 Å². The number of nitrogens with zero attached hydrogens (tertiary/aromatic N) is 1. The maximum absolute atomic E-state index is 15.3. The zero-order valence-corrected chi connectivity index (χ0v) is 21.2. The number of carboxylic acids is 1. The number of ketones is 1. The van der Waals surface area contributed by atoms with E-state index in [1.165, 1.54) is 6.07 Å². The molecule has 208 valence electrons. The van der Waals surface area contributed by atoms with Crippen LogP contribution in [-0.2, 0) is 25.1 Å². The van der Waals surface area contributed by atoms with E-state index >= 15 is 8.78 Å². The number of carboxylic acid groups (broad SMARTS) is 1. The minimum atomic E-state index is -3.32. The summed E-state index contributed by atoms with van der Waals surface area (Å²) in [6.45, 7) is 3.56. The quantitative estimate of drug-likeness (QED) is 0.0957. The molecule has 1 heterocycles. The molecular weight excluding hydrogens is 508 g/mol. The van der Waals surface area contributed by atoms with E-state index < -0.39 is 46.5 Å². The first kappa shape index (κ1) is 29.0. The molecule has 1 aliphatic heterocycles. The molecule has 10 nitrogen and oxygen atoms in total. The minimum absolute atomic E-state index is 0.0102. The molecule has 0 spiro atoms. The Kier molecular flexibility index (Phi) is 9.05. The molecule has 1 N–H and O–H groups in total. The molecule has 2 aliphatic rings. The van der Waals surface area contributed by atoms with Gasteiger partial charge in [-0.3, -0.25) is 4.79 Å². The van der Waals surface area contributed by atoms with Gasteiger partial charge in [0, 0.05) is 54.4 Å². The Morgan fingerprint density at radius 1 is 1.24 bits per heavy atom. The highest BCUT2D eigenvalue weighted by Crippen LogP contribution is 2.55. The molecule has 3 rings (SSSR count). The highest BCUT2D eigenvalue weighted by atomic mass is 19.3. The van der Waals surface area contributed by atoms with Gasteiger partial charge in [-0.2, -0.15) is 0 Å². The summed E-state index contributed by atoms with van der Waals surface area (Å²) in [7, 11) is 0. The van der Waals surface area contributed by atoms with E-state index in [-0.39, 0.29) is 42.6 Å². The lowest BCUT2D eigenvalue weighted by Crippen LogP contribution is -2.47. The number of carbonyl (C=O) groups is 3. The van der Waals surface area contributed by atoms with E-state index in [1.807, 2.05) is 13.8 Å². The smallest absolute Gasteiger partial charge is 0.336 e. The van der Waals surface area contributed by atoms with Gasteiger partial charge >= 0.3 is 11.9 Å². The van der Waals surface area contributed by atoms with Crippen molar-refractivity contribution in [3.05, 3.63) is 45.5 Å². The number of hydrogen-bond donors (Lipinski definition) is 1. The predicted molar refractivity (Wildman–Crippen MR) is 129 cm³/mol. The molecule has 0 bridgehead atoms. The summed E-state index contributed by atoms with van der Waals surface area (Å²) in [6.07, 6.45) is 3.15. The third kappa shape index (κ3) is 7.26. The van der Waals surface area contributed by atoms with Gasteiger partial charge in [-0.05, 0) is 45.2 Å². The lowest BCUT2D eigenvalue weighted by Gasteiger charge is -2.47. The van der Waals surface area contributed by atoms with Gasteiger partial charge in [-0.15, -0.1) is 10.1 Å². The Labute approximate surface area is 218 Å². The molecule has 1 aromatic rings. The Morgan fingerprint density at radius 3 is 2.63 bits per heavy atom. The number of fused-ring (bicyclic) bond motifs is 3. The van der Waals surface area contributed by atoms with E-state index in [1.54, 1.807) is 0 Å². The number of benzene rings is 1. The highest BCUT2D eigenvalue weighted by Gasteiger charge is 2.48. The monoisotopic (exact) mass is 539 g/mol. The van der Waals surface area contributed by atoms with Crippen LogP contribution in [0.25, 0.3) is 0 Å². The molecule has 12 heteroatoms. The maximum atomic E-state index is 15.3. The Balaban J connectivity index is 1.89. The number of rotatable bonds is 12. The van der Waals surface area contributed by atoms with Gasteiger partial charge < -0.3 is 19.4 Å². The molecule has 1 saturated carbocycles. The van der Waals surface area contributed by atoms with Crippen LogP contribution >= 0.6 is 0 Å². The van der Waals surface area contributed by atoms with Gasteiger partial charge in [0.1, 0.15) is 22.9 Å². The van der Waals surface area contributed by atoms with E-state index in [0.717, 1.165) is 6.07 Å². The fraction of sp³-hybridized carbons (Fsp3) is 0.577. The van der Waals surface area contributed by atoms with Crippen molar-refractivity contribution in [1.29, 1.82) is 0 Å². The van der Waals surface area contributed by atoms with E-state index in [0.29, 0.717) is 49.8 Å². The largest absolute Gasteiger partial charge is 0.487 e. The van der Waals surface area contributed by atoms with E-state index in [2.05, 4.69) is 4.84 Å². The second-order valence-electron chi connectivity index (χ2n) is 10.1. The van der Waals surface area contributed by atoms with Crippen LogP contribution in [0.15, 0.2) is 24.3 Å². The van der Waals surface area contributed by atoms with Gasteiger partial charge in [0.2, 0.25) is 0 Å². The number of halogens is 2. The first-order valence-electron chi connectivity index (χ1n) is 12.5. The summed E-state index contributed by atoms with van der Waals surface area (Å²) in [5.74, 6) is -6.37. The summed E-state index contributed by atoms with van der Waals surface area (Å²) in [5.41, 5.74) is -0.845. The summed E-state index contributed by atoms with van der Waals surface area (Å²) >= 11 is 0. The molecule has 2 atom stereocenters. The van der Waals surface area contributed by atoms with Crippen LogP contribution in [-0.4, -0.2) is 40.1 Å². The van der Waals surface area contributed by atoms with Crippen LogP contribution in [0, 0.1) is 16.0 Å². The van der Waals surface area contributed by atoms with Crippen molar-refractivity contribution >= 4 is 17.7 Å². The lowest BCUT2D eigenvalue weighted by molar-refractivity contribution is -0.757. The van der Waals surface area contributed by atoms with E-state index in [9.17, 15) is 24.5 Å². The average molecular weight is 540 g/mol. The zero-order chi connectivity index (χ0) is 28.1. The summed E-state index contributed by atoms with van der Waals surface area (Å²) in [5, 5.41) is 18.1. The standard InChI is InChI=1S/C26H31F2NO9/c1-25(2)19-8-7-17(30)15-18(19)24-20(37-23(33)10-9-22(31)32)13-16(14-21(24)38-25)26(27,28)11-5-3-4-6-12-36-29(34)35/h9-10,13-14,18-19H,3-8,11-12,15H2,1-2H3,(H,31,32)/b10-9-/t18-,19-/m1/s1. The molecule has 1 aliphatic carbocycles. The molecule has 0 aromatic heterocycles. The summed E-state index contributed by atoms with van der Waals surface area (Å²) < 4.78 is 42.1. The van der Waals surface area contributed by atoms with Crippen molar-refractivity contribution in [3.8, 4) is 11.5 Å². The lowest BCUT2D eigenvalue weighted by atomic mass is 9.66. The highest BCUT2D eigenvalue weighted by molar-refractivity contribution is 5.92. The molecule has 0 saturated heterocycles. The number of Topliss-reactive ketones (excluding diaryl/α,β-unsaturated/α-hetero) is 1. The second kappa shape index (κ2) is 11.9.